The van der Waals surface area contributed by atoms with Crippen molar-refractivity contribution >= 4 is 11.8 Å². The Kier molecular flexibility index (Phi) is 6.03. The fourth-order valence-electron chi connectivity index (χ4n) is 2.97. The zero-order chi connectivity index (χ0) is 17.7. The molecule has 2 amide bonds. The molecule has 4 nitrogen and oxygen atoms in total. The standard InChI is InChI=1S/C20H30N2O2/c1-14(16-10-9-15-7-5-6-8-17(15)13-16)22-18(23)11-12-21-19(24)20(2,3)4/h9-10,13-14H,5-8,11-12H2,1-4H3,(H,21,24)(H,22,23). The normalized spacial score (nSPS) is 15.3. The maximum Gasteiger partial charge on any atom is 0.225 e. The van der Waals surface area contributed by atoms with Gasteiger partial charge in [-0.25, -0.2) is 0 Å². The highest BCUT2D eigenvalue weighted by atomic mass is 16.2. The van der Waals surface area contributed by atoms with E-state index in [1.807, 2.05) is 27.7 Å². The molecular weight excluding hydrogens is 300 g/mol. The van der Waals surface area contributed by atoms with Crippen molar-refractivity contribution in [1.82, 2.24) is 10.6 Å². The topological polar surface area (TPSA) is 58.2 Å². The first-order chi connectivity index (χ1) is 11.3. The molecule has 0 radical (unpaired) electrons. The SMILES string of the molecule is CC(NC(=O)CCNC(=O)C(C)(C)C)c1ccc2c(c1)CCCC2. The van der Waals surface area contributed by atoms with E-state index in [4.69, 9.17) is 0 Å². The van der Waals surface area contributed by atoms with Gasteiger partial charge in [-0.05, 0) is 49.3 Å². The highest BCUT2D eigenvalue weighted by Gasteiger charge is 2.21. The van der Waals surface area contributed by atoms with Crippen LogP contribution in [-0.4, -0.2) is 18.4 Å². The fraction of sp³-hybridized carbons (Fsp3) is 0.600. The lowest BCUT2D eigenvalue weighted by Crippen LogP contribution is -2.37. The average Bonchev–Trinajstić information content (AvgIpc) is 2.53. The van der Waals surface area contributed by atoms with Gasteiger partial charge in [-0.15, -0.1) is 0 Å². The minimum atomic E-state index is -0.424. The molecule has 0 aromatic heterocycles. The first-order valence-corrected chi connectivity index (χ1v) is 8.97. The maximum absolute atomic E-state index is 12.1. The summed E-state index contributed by atoms with van der Waals surface area (Å²) in [5.41, 5.74) is 3.61. The van der Waals surface area contributed by atoms with Gasteiger partial charge >= 0.3 is 0 Å². The third-order valence-electron chi connectivity index (χ3n) is 4.57. The van der Waals surface area contributed by atoms with Crippen LogP contribution in [0.3, 0.4) is 0 Å². The molecule has 1 unspecified atom stereocenters. The van der Waals surface area contributed by atoms with Gasteiger partial charge in [0.15, 0.2) is 0 Å². The number of fused-ring (bicyclic) bond motifs is 1. The second-order valence-electron chi connectivity index (χ2n) is 7.78. The molecule has 0 aliphatic heterocycles. The number of carbonyl (C=O) groups is 2. The Morgan fingerprint density at radius 2 is 1.79 bits per heavy atom. The Hall–Kier alpha value is -1.84. The molecule has 1 aliphatic carbocycles. The van der Waals surface area contributed by atoms with E-state index in [0.717, 1.165) is 12.0 Å². The van der Waals surface area contributed by atoms with Gasteiger partial charge in [0.05, 0.1) is 6.04 Å². The Labute approximate surface area is 145 Å². The molecule has 1 aromatic carbocycles. The van der Waals surface area contributed by atoms with Crippen LogP contribution >= 0.6 is 0 Å². The van der Waals surface area contributed by atoms with Gasteiger partial charge in [-0.2, -0.15) is 0 Å². The van der Waals surface area contributed by atoms with Crippen LogP contribution in [0.2, 0.25) is 0 Å². The Morgan fingerprint density at radius 1 is 1.12 bits per heavy atom. The number of hydrogen-bond acceptors (Lipinski definition) is 2. The number of hydrogen-bond donors (Lipinski definition) is 2. The number of amides is 2. The van der Waals surface area contributed by atoms with Gasteiger partial charge in [0, 0.05) is 18.4 Å². The summed E-state index contributed by atoms with van der Waals surface area (Å²) in [6.07, 6.45) is 5.15. The Bertz CT molecular complexity index is 602. The van der Waals surface area contributed by atoms with Gasteiger partial charge in [-0.1, -0.05) is 39.0 Å². The predicted molar refractivity (Wildman–Crippen MR) is 96.7 cm³/mol. The van der Waals surface area contributed by atoms with E-state index in [0.29, 0.717) is 13.0 Å². The van der Waals surface area contributed by atoms with Gasteiger partial charge in [0.25, 0.3) is 0 Å². The molecule has 132 valence electrons. The first kappa shape index (κ1) is 18.5. The molecule has 0 bridgehead atoms. The van der Waals surface area contributed by atoms with Gasteiger partial charge in [0.2, 0.25) is 11.8 Å². The molecule has 24 heavy (non-hydrogen) atoms. The monoisotopic (exact) mass is 330 g/mol. The number of rotatable bonds is 5. The van der Waals surface area contributed by atoms with Crippen LogP contribution in [0.15, 0.2) is 18.2 Å². The quantitative estimate of drug-likeness (QED) is 0.870. The summed E-state index contributed by atoms with van der Waals surface area (Å²) in [5, 5.41) is 5.83. The van der Waals surface area contributed by atoms with Crippen LogP contribution in [0.1, 0.15) is 69.7 Å². The third kappa shape index (κ3) is 5.08. The molecule has 1 aromatic rings. The summed E-state index contributed by atoms with van der Waals surface area (Å²) in [6, 6.07) is 6.55. The molecule has 4 heteroatoms. The van der Waals surface area contributed by atoms with E-state index < -0.39 is 5.41 Å². The van der Waals surface area contributed by atoms with Crippen molar-refractivity contribution in [3.05, 3.63) is 34.9 Å². The molecule has 0 fully saturated rings. The minimum Gasteiger partial charge on any atom is -0.355 e. The van der Waals surface area contributed by atoms with Crippen molar-refractivity contribution in [2.45, 2.75) is 65.8 Å². The van der Waals surface area contributed by atoms with Crippen molar-refractivity contribution in [3.8, 4) is 0 Å². The molecule has 0 saturated carbocycles. The van der Waals surface area contributed by atoms with E-state index >= 15 is 0 Å². The maximum atomic E-state index is 12.1. The fourth-order valence-corrected chi connectivity index (χ4v) is 2.97. The number of benzene rings is 1. The summed E-state index contributed by atoms with van der Waals surface area (Å²) in [5.74, 6) is -0.0625. The molecule has 0 saturated heterocycles. The lowest BCUT2D eigenvalue weighted by atomic mass is 9.89. The summed E-state index contributed by atoms with van der Waals surface area (Å²) < 4.78 is 0. The molecule has 1 atom stereocenters. The lowest BCUT2D eigenvalue weighted by Gasteiger charge is -2.20. The van der Waals surface area contributed by atoms with Crippen molar-refractivity contribution in [3.63, 3.8) is 0 Å². The molecular formula is C20H30N2O2. The first-order valence-electron chi connectivity index (χ1n) is 8.97. The van der Waals surface area contributed by atoms with E-state index in [2.05, 4.69) is 28.8 Å². The smallest absolute Gasteiger partial charge is 0.225 e. The second kappa shape index (κ2) is 7.82. The predicted octanol–water partition coefficient (Wildman–Crippen LogP) is 3.30. The van der Waals surface area contributed by atoms with Crippen LogP contribution < -0.4 is 10.6 Å². The minimum absolute atomic E-state index is 0.0111. The molecule has 0 spiro atoms. The highest BCUT2D eigenvalue weighted by molar-refractivity contribution is 5.82. The summed E-state index contributed by atoms with van der Waals surface area (Å²) >= 11 is 0. The van der Waals surface area contributed by atoms with E-state index in [9.17, 15) is 9.59 Å². The van der Waals surface area contributed by atoms with E-state index in [-0.39, 0.29) is 17.9 Å². The second-order valence-corrected chi connectivity index (χ2v) is 7.78. The summed E-state index contributed by atoms with van der Waals surface area (Å²) in [6.45, 7) is 7.97. The highest BCUT2D eigenvalue weighted by Crippen LogP contribution is 2.24. The van der Waals surface area contributed by atoms with E-state index in [1.54, 1.807) is 0 Å². The van der Waals surface area contributed by atoms with Crippen molar-refractivity contribution in [2.24, 2.45) is 5.41 Å². The lowest BCUT2D eigenvalue weighted by molar-refractivity contribution is -0.128. The van der Waals surface area contributed by atoms with Crippen molar-refractivity contribution in [2.75, 3.05) is 6.54 Å². The average molecular weight is 330 g/mol. The third-order valence-corrected chi connectivity index (χ3v) is 4.57. The van der Waals surface area contributed by atoms with Gasteiger partial charge < -0.3 is 10.6 Å². The van der Waals surface area contributed by atoms with Crippen LogP contribution in [-0.2, 0) is 22.4 Å². The van der Waals surface area contributed by atoms with Gasteiger partial charge in [0.1, 0.15) is 0 Å². The summed E-state index contributed by atoms with van der Waals surface area (Å²) in [4.78, 5) is 23.9. The Morgan fingerprint density at radius 3 is 2.46 bits per heavy atom. The largest absolute Gasteiger partial charge is 0.355 e. The zero-order valence-electron chi connectivity index (χ0n) is 15.4. The van der Waals surface area contributed by atoms with E-state index in [1.165, 1.54) is 30.4 Å². The van der Waals surface area contributed by atoms with Crippen molar-refractivity contribution < 1.29 is 9.59 Å². The van der Waals surface area contributed by atoms with Crippen LogP contribution in [0.5, 0.6) is 0 Å². The molecule has 2 N–H and O–H groups in total. The number of carbonyl (C=O) groups excluding carboxylic acids is 2. The van der Waals surface area contributed by atoms with Crippen LogP contribution in [0.4, 0.5) is 0 Å². The number of nitrogens with one attached hydrogen (secondary N) is 2. The zero-order valence-corrected chi connectivity index (χ0v) is 15.4. The van der Waals surface area contributed by atoms with Gasteiger partial charge in [-0.3, -0.25) is 9.59 Å². The van der Waals surface area contributed by atoms with Crippen molar-refractivity contribution in [1.29, 1.82) is 0 Å². The van der Waals surface area contributed by atoms with Crippen LogP contribution in [0, 0.1) is 5.41 Å². The number of aryl methyl sites for hydroxylation is 2. The Balaban J connectivity index is 1.82. The summed E-state index contributed by atoms with van der Waals surface area (Å²) in [7, 11) is 0. The molecule has 1 aliphatic rings. The molecule has 0 heterocycles. The molecule has 2 rings (SSSR count). The van der Waals surface area contributed by atoms with Crippen LogP contribution in [0.25, 0.3) is 0 Å².